The van der Waals surface area contributed by atoms with E-state index in [4.69, 9.17) is 9.84 Å². The first kappa shape index (κ1) is 18.4. The smallest absolute Gasteiger partial charge is 0.254 e. The molecule has 3 aliphatic rings. The number of pyridine rings is 1. The number of hydrogen-bond acceptors (Lipinski definition) is 5. The minimum Gasteiger partial charge on any atom is -0.396 e. The maximum Gasteiger partial charge on any atom is 0.254 e. The zero-order valence-electron chi connectivity index (χ0n) is 15.5. The number of morpholine rings is 1. The van der Waals surface area contributed by atoms with E-state index in [-0.39, 0.29) is 31.1 Å². The van der Waals surface area contributed by atoms with Crippen molar-refractivity contribution in [3.63, 3.8) is 0 Å². The Morgan fingerprint density at radius 1 is 1.26 bits per heavy atom. The van der Waals surface area contributed by atoms with Crippen LogP contribution in [0.4, 0.5) is 0 Å². The van der Waals surface area contributed by atoms with Crippen molar-refractivity contribution in [3.05, 3.63) is 30.1 Å². The molecule has 0 aromatic carbocycles. The highest BCUT2D eigenvalue weighted by atomic mass is 16.5. The SMILES string of the molecule is O=C([C@H]1OCC(=O)N(C2CC2)[C@@H]1c1cccnc1)N1CCC(CCO)CC1. The zero-order valence-corrected chi connectivity index (χ0v) is 15.5. The van der Waals surface area contributed by atoms with Gasteiger partial charge in [-0.3, -0.25) is 14.6 Å². The molecule has 4 rings (SSSR count). The number of carbonyl (C=O) groups is 2. The lowest BCUT2D eigenvalue weighted by atomic mass is 9.92. The summed E-state index contributed by atoms with van der Waals surface area (Å²) in [6.07, 6.45) is 7.32. The lowest BCUT2D eigenvalue weighted by Gasteiger charge is -2.43. The molecule has 1 N–H and O–H groups in total. The first-order valence-electron chi connectivity index (χ1n) is 9.91. The van der Waals surface area contributed by atoms with Gasteiger partial charge in [-0.25, -0.2) is 0 Å². The van der Waals surface area contributed by atoms with Crippen molar-refractivity contribution >= 4 is 11.8 Å². The number of rotatable bonds is 5. The van der Waals surface area contributed by atoms with Gasteiger partial charge in [0.15, 0.2) is 6.10 Å². The Hall–Kier alpha value is -1.99. The quantitative estimate of drug-likeness (QED) is 0.837. The highest BCUT2D eigenvalue weighted by molar-refractivity contribution is 5.87. The normalized spacial score (nSPS) is 27.1. The van der Waals surface area contributed by atoms with Crippen LogP contribution in [0.3, 0.4) is 0 Å². The Balaban J connectivity index is 1.54. The van der Waals surface area contributed by atoms with Gasteiger partial charge in [0.2, 0.25) is 5.91 Å². The summed E-state index contributed by atoms with van der Waals surface area (Å²) in [6.45, 7) is 1.53. The Labute approximate surface area is 159 Å². The molecule has 7 nitrogen and oxygen atoms in total. The van der Waals surface area contributed by atoms with Crippen molar-refractivity contribution in [1.82, 2.24) is 14.8 Å². The predicted molar refractivity (Wildman–Crippen MR) is 97.6 cm³/mol. The van der Waals surface area contributed by atoms with Crippen molar-refractivity contribution in [3.8, 4) is 0 Å². The van der Waals surface area contributed by atoms with Crippen LogP contribution in [0.15, 0.2) is 24.5 Å². The highest BCUT2D eigenvalue weighted by Crippen LogP contribution is 2.40. The van der Waals surface area contributed by atoms with Crippen LogP contribution in [0.5, 0.6) is 0 Å². The average molecular weight is 373 g/mol. The van der Waals surface area contributed by atoms with E-state index in [9.17, 15) is 9.59 Å². The van der Waals surface area contributed by atoms with E-state index in [1.807, 2.05) is 21.9 Å². The van der Waals surface area contributed by atoms with Crippen molar-refractivity contribution in [2.75, 3.05) is 26.3 Å². The summed E-state index contributed by atoms with van der Waals surface area (Å²) in [7, 11) is 0. The number of amides is 2. The van der Waals surface area contributed by atoms with Gasteiger partial charge in [0, 0.05) is 38.1 Å². The van der Waals surface area contributed by atoms with Crippen LogP contribution >= 0.6 is 0 Å². The van der Waals surface area contributed by atoms with Gasteiger partial charge >= 0.3 is 0 Å². The van der Waals surface area contributed by atoms with Gasteiger partial charge in [0.05, 0.1) is 6.04 Å². The Kier molecular flexibility index (Phi) is 5.41. The van der Waals surface area contributed by atoms with E-state index in [1.165, 1.54) is 0 Å². The summed E-state index contributed by atoms with van der Waals surface area (Å²) in [4.78, 5) is 33.8. The first-order chi connectivity index (χ1) is 13.2. The minimum absolute atomic E-state index is 0.0371. The molecular formula is C20H27N3O4. The predicted octanol–water partition coefficient (Wildman–Crippen LogP) is 1.13. The molecule has 1 saturated carbocycles. The van der Waals surface area contributed by atoms with Crippen LogP contribution in [-0.4, -0.2) is 70.2 Å². The van der Waals surface area contributed by atoms with E-state index < -0.39 is 12.1 Å². The summed E-state index contributed by atoms with van der Waals surface area (Å²) in [5, 5.41) is 9.13. The standard InChI is InChI=1S/C20H27N3O4/c24-11-7-14-5-9-22(10-6-14)20(26)19-18(15-2-1-8-21-12-15)23(16-3-4-16)17(25)13-27-19/h1-2,8,12,14,16,18-19,24H,3-7,9-11,13H2/t18-,19+/m1/s1. The maximum atomic E-state index is 13.3. The number of nitrogens with zero attached hydrogens (tertiary/aromatic N) is 3. The molecule has 2 amide bonds. The summed E-state index contributed by atoms with van der Waals surface area (Å²) >= 11 is 0. The average Bonchev–Trinajstić information content (AvgIpc) is 3.54. The number of aromatic nitrogens is 1. The number of piperidine rings is 1. The summed E-state index contributed by atoms with van der Waals surface area (Å²) in [6, 6.07) is 3.55. The Bertz CT molecular complexity index is 671. The number of aliphatic hydroxyl groups is 1. The third-order valence-corrected chi connectivity index (χ3v) is 5.93. The molecule has 2 atom stereocenters. The molecule has 27 heavy (non-hydrogen) atoms. The van der Waals surface area contributed by atoms with Gasteiger partial charge in [0.1, 0.15) is 6.61 Å². The molecule has 0 radical (unpaired) electrons. The molecule has 0 bridgehead atoms. The van der Waals surface area contributed by atoms with Crippen molar-refractivity contribution in [1.29, 1.82) is 0 Å². The van der Waals surface area contributed by atoms with Gasteiger partial charge in [-0.2, -0.15) is 0 Å². The van der Waals surface area contributed by atoms with Gasteiger partial charge < -0.3 is 19.6 Å². The van der Waals surface area contributed by atoms with Crippen molar-refractivity contribution < 1.29 is 19.4 Å². The van der Waals surface area contributed by atoms with Gasteiger partial charge in [-0.05, 0) is 49.7 Å². The van der Waals surface area contributed by atoms with Crippen LogP contribution in [0.1, 0.15) is 43.7 Å². The molecule has 1 aliphatic carbocycles. The topological polar surface area (TPSA) is 83.0 Å². The second kappa shape index (κ2) is 7.94. The fraction of sp³-hybridized carbons (Fsp3) is 0.650. The van der Waals surface area contributed by atoms with E-state index in [0.717, 1.165) is 37.7 Å². The number of ether oxygens (including phenoxy) is 1. The van der Waals surface area contributed by atoms with Crippen molar-refractivity contribution in [2.24, 2.45) is 5.92 Å². The van der Waals surface area contributed by atoms with Gasteiger partial charge in [0.25, 0.3) is 5.91 Å². The highest BCUT2D eigenvalue weighted by Gasteiger charge is 2.48. The second-order valence-electron chi connectivity index (χ2n) is 7.78. The Morgan fingerprint density at radius 2 is 2.04 bits per heavy atom. The summed E-state index contributed by atoms with van der Waals surface area (Å²) < 4.78 is 5.80. The molecule has 146 valence electrons. The molecule has 1 aromatic rings. The van der Waals surface area contributed by atoms with Gasteiger partial charge in [-0.15, -0.1) is 0 Å². The lowest BCUT2D eigenvalue weighted by Crippen LogP contribution is -2.56. The van der Waals surface area contributed by atoms with Crippen LogP contribution in [0.2, 0.25) is 0 Å². The summed E-state index contributed by atoms with van der Waals surface area (Å²) in [5.74, 6) is 0.395. The van der Waals surface area contributed by atoms with Crippen molar-refractivity contribution in [2.45, 2.75) is 50.3 Å². The second-order valence-corrected chi connectivity index (χ2v) is 7.78. The molecule has 3 heterocycles. The fourth-order valence-electron chi connectivity index (χ4n) is 4.31. The fourth-order valence-corrected chi connectivity index (χ4v) is 4.31. The number of aliphatic hydroxyl groups excluding tert-OH is 1. The minimum atomic E-state index is -0.679. The molecule has 3 fully saturated rings. The van der Waals surface area contributed by atoms with E-state index in [0.29, 0.717) is 19.0 Å². The molecule has 2 saturated heterocycles. The molecule has 1 aromatic heterocycles. The van der Waals surface area contributed by atoms with Crippen LogP contribution in [-0.2, 0) is 14.3 Å². The van der Waals surface area contributed by atoms with E-state index in [1.54, 1.807) is 12.4 Å². The van der Waals surface area contributed by atoms with E-state index in [2.05, 4.69) is 4.98 Å². The monoisotopic (exact) mass is 373 g/mol. The van der Waals surface area contributed by atoms with Crippen LogP contribution < -0.4 is 0 Å². The molecular weight excluding hydrogens is 346 g/mol. The first-order valence-corrected chi connectivity index (χ1v) is 9.91. The lowest BCUT2D eigenvalue weighted by molar-refractivity contribution is -0.171. The molecule has 7 heteroatoms. The molecule has 0 spiro atoms. The number of likely N-dealkylation sites (tertiary alicyclic amines) is 1. The van der Waals surface area contributed by atoms with Crippen LogP contribution in [0, 0.1) is 5.92 Å². The third-order valence-electron chi connectivity index (χ3n) is 5.93. The molecule has 2 aliphatic heterocycles. The molecule has 0 unspecified atom stereocenters. The maximum absolute atomic E-state index is 13.3. The zero-order chi connectivity index (χ0) is 18.8. The largest absolute Gasteiger partial charge is 0.396 e. The van der Waals surface area contributed by atoms with Crippen LogP contribution in [0.25, 0.3) is 0 Å². The third kappa shape index (κ3) is 3.84. The Morgan fingerprint density at radius 3 is 2.67 bits per heavy atom. The van der Waals surface area contributed by atoms with Gasteiger partial charge in [-0.1, -0.05) is 6.07 Å². The summed E-state index contributed by atoms with van der Waals surface area (Å²) in [5.41, 5.74) is 0.853. The number of carbonyl (C=O) groups excluding carboxylic acids is 2. The van der Waals surface area contributed by atoms with E-state index >= 15 is 0 Å². The number of hydrogen-bond donors (Lipinski definition) is 1.